The SMILES string of the molecule is CCCCCCCCCC[N]. The zero-order valence-corrected chi connectivity index (χ0v) is 7.81. The average Bonchev–Trinajstić information content (AvgIpc) is 2.03. The molecule has 0 spiro atoms. The number of hydrogen-bond acceptors (Lipinski definition) is 0. The Kier molecular flexibility index (Phi) is 9.92. The van der Waals surface area contributed by atoms with Gasteiger partial charge in [0.25, 0.3) is 0 Å². The molecular weight excluding hydrogens is 134 g/mol. The first-order valence-electron chi connectivity index (χ1n) is 5.02. The summed E-state index contributed by atoms with van der Waals surface area (Å²) in [7, 11) is 0. The van der Waals surface area contributed by atoms with E-state index in [1.54, 1.807) is 0 Å². The van der Waals surface area contributed by atoms with Gasteiger partial charge in [0.05, 0.1) is 0 Å². The predicted molar refractivity (Wildman–Crippen MR) is 49.6 cm³/mol. The predicted octanol–water partition coefficient (Wildman–Crippen LogP) is 3.20. The largest absolute Gasteiger partial charge is 0.145 e. The van der Waals surface area contributed by atoms with E-state index in [4.69, 9.17) is 5.73 Å². The lowest BCUT2D eigenvalue weighted by Crippen LogP contribution is -1.85. The minimum atomic E-state index is 0.370. The first-order valence-corrected chi connectivity index (χ1v) is 5.02. The van der Waals surface area contributed by atoms with Crippen molar-refractivity contribution in [2.24, 2.45) is 0 Å². The summed E-state index contributed by atoms with van der Waals surface area (Å²) in [6.07, 6.45) is 10.4. The van der Waals surface area contributed by atoms with Crippen molar-refractivity contribution >= 4 is 0 Å². The second-order valence-corrected chi connectivity index (χ2v) is 3.20. The highest BCUT2D eigenvalue weighted by molar-refractivity contribution is 4.45. The van der Waals surface area contributed by atoms with Gasteiger partial charge in [-0.25, -0.2) is 0 Å². The van der Waals surface area contributed by atoms with Gasteiger partial charge in [-0.05, 0) is 6.42 Å². The average molecular weight is 155 g/mol. The molecule has 0 rings (SSSR count). The summed E-state index contributed by atoms with van der Waals surface area (Å²) in [6, 6.07) is 0. The molecule has 0 fully saturated rings. The molecule has 0 aliphatic heterocycles. The Morgan fingerprint density at radius 2 is 1.18 bits per heavy atom. The summed E-state index contributed by atoms with van der Waals surface area (Å²) >= 11 is 0. The van der Waals surface area contributed by atoms with Crippen LogP contribution in [0.2, 0.25) is 0 Å². The Morgan fingerprint density at radius 3 is 1.64 bits per heavy atom. The summed E-state index contributed by atoms with van der Waals surface area (Å²) in [5.41, 5.74) is 8.51. The quantitative estimate of drug-likeness (QED) is 0.480. The van der Waals surface area contributed by atoms with E-state index in [9.17, 15) is 0 Å². The molecule has 0 N–H and O–H groups in total. The molecule has 0 heterocycles. The fourth-order valence-electron chi connectivity index (χ4n) is 1.25. The van der Waals surface area contributed by atoms with Gasteiger partial charge in [0.15, 0.2) is 0 Å². The van der Waals surface area contributed by atoms with Crippen molar-refractivity contribution < 1.29 is 0 Å². The summed E-state index contributed by atoms with van der Waals surface area (Å²) in [5.74, 6) is 0. The molecule has 11 heavy (non-hydrogen) atoms. The van der Waals surface area contributed by atoms with Crippen LogP contribution < -0.4 is 5.73 Å². The van der Waals surface area contributed by atoms with Crippen LogP contribution >= 0.6 is 0 Å². The van der Waals surface area contributed by atoms with Gasteiger partial charge in [-0.15, -0.1) is 5.73 Å². The summed E-state index contributed by atoms with van der Waals surface area (Å²) < 4.78 is 0. The third kappa shape index (κ3) is 9.96. The smallest absolute Gasteiger partial charge is 0.0321 e. The fraction of sp³-hybridized carbons (Fsp3) is 1.00. The minimum absolute atomic E-state index is 0.370. The zero-order chi connectivity index (χ0) is 8.36. The fourth-order valence-corrected chi connectivity index (χ4v) is 1.25. The van der Waals surface area contributed by atoms with Gasteiger partial charge >= 0.3 is 0 Å². The minimum Gasteiger partial charge on any atom is -0.145 e. The molecule has 66 valence electrons. The number of hydrogen-bond donors (Lipinski definition) is 0. The first kappa shape index (κ1) is 11.0. The molecule has 0 unspecified atom stereocenters. The lowest BCUT2D eigenvalue weighted by Gasteiger charge is -1.98. The maximum atomic E-state index is 8.51. The zero-order valence-electron chi connectivity index (χ0n) is 7.81. The van der Waals surface area contributed by atoms with E-state index >= 15 is 0 Å². The van der Waals surface area contributed by atoms with Gasteiger partial charge in [0.2, 0.25) is 0 Å². The Bertz CT molecular complexity index is 53.9. The van der Waals surface area contributed by atoms with Crippen LogP contribution in [0.25, 0.3) is 0 Å². The molecule has 0 aliphatic rings. The monoisotopic (exact) mass is 155 g/mol. The van der Waals surface area contributed by atoms with Crippen LogP contribution in [0.1, 0.15) is 58.3 Å². The van der Waals surface area contributed by atoms with Crippen LogP contribution in [0.4, 0.5) is 0 Å². The van der Waals surface area contributed by atoms with Gasteiger partial charge in [-0.3, -0.25) is 0 Å². The molecule has 0 atom stereocenters. The topological polar surface area (TPSA) is 22.3 Å². The van der Waals surface area contributed by atoms with Crippen LogP contribution in [-0.4, -0.2) is 6.54 Å². The van der Waals surface area contributed by atoms with E-state index in [1.165, 1.54) is 44.9 Å². The maximum absolute atomic E-state index is 8.51. The molecule has 0 amide bonds. The molecule has 0 saturated heterocycles. The maximum Gasteiger partial charge on any atom is 0.0321 e. The van der Waals surface area contributed by atoms with Crippen LogP contribution in [0.5, 0.6) is 0 Å². The van der Waals surface area contributed by atoms with Crippen LogP contribution in [0.15, 0.2) is 0 Å². The standard InChI is InChI=1S/C10H21N/c1-2-3-4-5-6-7-8-9-10-11/h2-10H2,1H3. The number of rotatable bonds is 8. The van der Waals surface area contributed by atoms with E-state index in [-0.39, 0.29) is 0 Å². The summed E-state index contributed by atoms with van der Waals surface area (Å²) in [4.78, 5) is 0. The third-order valence-electron chi connectivity index (χ3n) is 2.01. The van der Waals surface area contributed by atoms with Crippen LogP contribution in [-0.2, 0) is 0 Å². The van der Waals surface area contributed by atoms with Crippen molar-refractivity contribution in [3.63, 3.8) is 0 Å². The van der Waals surface area contributed by atoms with Crippen LogP contribution in [0.3, 0.4) is 0 Å². The van der Waals surface area contributed by atoms with Gasteiger partial charge in [-0.2, -0.15) is 0 Å². The van der Waals surface area contributed by atoms with Crippen molar-refractivity contribution in [1.29, 1.82) is 0 Å². The highest BCUT2D eigenvalue weighted by atomic mass is 14.5. The Hall–Kier alpha value is -0.0400. The van der Waals surface area contributed by atoms with E-state index < -0.39 is 0 Å². The highest BCUT2D eigenvalue weighted by Gasteiger charge is 1.89. The first-order chi connectivity index (χ1) is 5.41. The Morgan fingerprint density at radius 1 is 0.727 bits per heavy atom. The molecule has 0 aliphatic carbocycles. The van der Waals surface area contributed by atoms with Crippen molar-refractivity contribution in [3.8, 4) is 0 Å². The van der Waals surface area contributed by atoms with E-state index in [1.807, 2.05) is 0 Å². The van der Waals surface area contributed by atoms with Crippen molar-refractivity contribution in [2.45, 2.75) is 58.3 Å². The number of nitrogens with zero attached hydrogens (tertiary/aromatic N) is 1. The molecular formula is C10H21N. The molecule has 0 bridgehead atoms. The molecule has 1 heteroatoms. The lowest BCUT2D eigenvalue weighted by molar-refractivity contribution is 0.577. The van der Waals surface area contributed by atoms with Gasteiger partial charge in [-0.1, -0.05) is 51.9 Å². The second-order valence-electron chi connectivity index (χ2n) is 3.20. The molecule has 0 aromatic carbocycles. The molecule has 0 saturated carbocycles. The van der Waals surface area contributed by atoms with Gasteiger partial charge in [0, 0.05) is 6.54 Å². The van der Waals surface area contributed by atoms with Crippen LogP contribution in [0, 0.1) is 0 Å². The Labute approximate surface area is 71.4 Å². The van der Waals surface area contributed by atoms with E-state index in [2.05, 4.69) is 6.92 Å². The van der Waals surface area contributed by atoms with E-state index in [0.717, 1.165) is 6.42 Å². The van der Waals surface area contributed by atoms with Gasteiger partial charge in [0.1, 0.15) is 0 Å². The summed E-state index contributed by atoms with van der Waals surface area (Å²) in [5, 5.41) is 0. The van der Waals surface area contributed by atoms with Crippen molar-refractivity contribution in [2.75, 3.05) is 6.54 Å². The molecule has 2 radical (unpaired) electrons. The Balaban J connectivity index is 2.69. The van der Waals surface area contributed by atoms with Crippen molar-refractivity contribution in [1.82, 2.24) is 5.73 Å². The van der Waals surface area contributed by atoms with Gasteiger partial charge < -0.3 is 0 Å². The summed E-state index contributed by atoms with van der Waals surface area (Å²) in [6.45, 7) is 2.61. The highest BCUT2D eigenvalue weighted by Crippen LogP contribution is 2.07. The molecule has 0 aromatic rings. The van der Waals surface area contributed by atoms with Crippen molar-refractivity contribution in [3.05, 3.63) is 0 Å². The van der Waals surface area contributed by atoms with E-state index in [0.29, 0.717) is 6.54 Å². The number of unbranched alkanes of at least 4 members (excludes halogenated alkanes) is 7. The normalized spacial score (nSPS) is 10.4. The molecule has 0 aromatic heterocycles. The second kappa shape index (κ2) is 9.96. The third-order valence-corrected chi connectivity index (χ3v) is 2.01. The molecule has 1 nitrogen and oxygen atoms in total. The lowest BCUT2D eigenvalue weighted by atomic mass is 10.1.